The standard InChI is InChI=1S/C18H19NO2S2/c1-22-16-8-4-14(5-9-16)18-19(17(21)12-23-18)11-10-13-2-6-15(20)7-3-13/h2-9,18,20H,10-12H2,1H3. The van der Waals surface area contributed by atoms with Crippen molar-refractivity contribution in [2.45, 2.75) is 16.7 Å². The van der Waals surface area contributed by atoms with Crippen LogP contribution in [0.1, 0.15) is 16.5 Å². The first-order valence-electron chi connectivity index (χ1n) is 7.50. The van der Waals surface area contributed by atoms with Crippen LogP contribution < -0.4 is 0 Å². The summed E-state index contributed by atoms with van der Waals surface area (Å²) >= 11 is 3.41. The molecular formula is C18H19NO2S2. The number of amides is 1. The summed E-state index contributed by atoms with van der Waals surface area (Å²) in [5, 5.41) is 9.45. The first-order chi connectivity index (χ1) is 11.2. The first-order valence-corrected chi connectivity index (χ1v) is 9.77. The predicted molar refractivity (Wildman–Crippen MR) is 96.9 cm³/mol. The summed E-state index contributed by atoms with van der Waals surface area (Å²) in [4.78, 5) is 15.4. The SMILES string of the molecule is CSc1ccc(C2SCC(=O)N2CCc2ccc(O)cc2)cc1. The minimum Gasteiger partial charge on any atom is -0.508 e. The van der Waals surface area contributed by atoms with E-state index in [0.717, 1.165) is 12.0 Å². The molecule has 1 saturated heterocycles. The van der Waals surface area contributed by atoms with Gasteiger partial charge < -0.3 is 10.0 Å². The zero-order valence-electron chi connectivity index (χ0n) is 12.9. The molecule has 0 radical (unpaired) electrons. The lowest BCUT2D eigenvalue weighted by Crippen LogP contribution is -2.30. The highest BCUT2D eigenvalue weighted by atomic mass is 32.2. The topological polar surface area (TPSA) is 40.5 Å². The molecule has 3 nitrogen and oxygen atoms in total. The first kappa shape index (κ1) is 16.3. The Bertz CT molecular complexity index is 670. The van der Waals surface area contributed by atoms with Gasteiger partial charge in [0, 0.05) is 11.4 Å². The molecule has 0 spiro atoms. The van der Waals surface area contributed by atoms with Crippen molar-refractivity contribution in [1.29, 1.82) is 0 Å². The van der Waals surface area contributed by atoms with Crippen LogP contribution in [0, 0.1) is 0 Å². The molecule has 0 aliphatic carbocycles. The maximum Gasteiger partial charge on any atom is 0.233 e. The van der Waals surface area contributed by atoms with Crippen molar-refractivity contribution in [2.75, 3.05) is 18.6 Å². The van der Waals surface area contributed by atoms with E-state index in [4.69, 9.17) is 0 Å². The van der Waals surface area contributed by atoms with Crippen LogP contribution in [-0.2, 0) is 11.2 Å². The van der Waals surface area contributed by atoms with E-state index in [1.165, 1.54) is 10.5 Å². The molecule has 1 fully saturated rings. The Morgan fingerprint density at radius 2 is 1.87 bits per heavy atom. The molecule has 23 heavy (non-hydrogen) atoms. The highest BCUT2D eigenvalue weighted by molar-refractivity contribution is 8.00. The number of aromatic hydroxyl groups is 1. The molecule has 120 valence electrons. The highest BCUT2D eigenvalue weighted by Crippen LogP contribution is 2.39. The number of hydrogen-bond donors (Lipinski definition) is 1. The van der Waals surface area contributed by atoms with Crippen LogP contribution in [0.25, 0.3) is 0 Å². The van der Waals surface area contributed by atoms with Crippen molar-refractivity contribution >= 4 is 29.4 Å². The molecule has 1 N–H and O–H groups in total. The third kappa shape index (κ3) is 3.85. The second-order valence-electron chi connectivity index (χ2n) is 5.44. The molecule has 1 aliphatic rings. The molecule has 1 atom stereocenters. The molecule has 3 rings (SSSR count). The van der Waals surface area contributed by atoms with Gasteiger partial charge in [-0.3, -0.25) is 4.79 Å². The van der Waals surface area contributed by atoms with Crippen LogP contribution in [0.15, 0.2) is 53.4 Å². The Morgan fingerprint density at radius 1 is 1.17 bits per heavy atom. The second kappa shape index (κ2) is 7.32. The van der Waals surface area contributed by atoms with Gasteiger partial charge in [0.2, 0.25) is 5.91 Å². The maximum absolute atomic E-state index is 12.2. The van der Waals surface area contributed by atoms with Gasteiger partial charge in [-0.2, -0.15) is 0 Å². The van der Waals surface area contributed by atoms with Gasteiger partial charge in [-0.1, -0.05) is 24.3 Å². The summed E-state index contributed by atoms with van der Waals surface area (Å²) in [6.07, 6.45) is 2.86. The predicted octanol–water partition coefficient (Wildman–Crippen LogP) is 3.93. The number of nitrogens with zero attached hydrogens (tertiary/aromatic N) is 1. The fourth-order valence-electron chi connectivity index (χ4n) is 2.65. The molecular weight excluding hydrogens is 326 g/mol. The third-order valence-electron chi connectivity index (χ3n) is 3.95. The fraction of sp³-hybridized carbons (Fsp3) is 0.278. The van der Waals surface area contributed by atoms with E-state index in [1.54, 1.807) is 35.7 Å². The summed E-state index contributed by atoms with van der Waals surface area (Å²) in [5.41, 5.74) is 2.31. The Hall–Kier alpha value is -1.59. The molecule has 0 bridgehead atoms. The van der Waals surface area contributed by atoms with Crippen LogP contribution >= 0.6 is 23.5 Å². The zero-order valence-corrected chi connectivity index (χ0v) is 14.6. The van der Waals surface area contributed by atoms with Gasteiger partial charge in [0.05, 0.1) is 5.75 Å². The molecule has 0 aromatic heterocycles. The van der Waals surface area contributed by atoms with Gasteiger partial charge in [0.1, 0.15) is 11.1 Å². The molecule has 0 saturated carbocycles. The summed E-state index contributed by atoms with van der Waals surface area (Å²) in [6.45, 7) is 0.700. The van der Waals surface area contributed by atoms with E-state index in [0.29, 0.717) is 12.3 Å². The van der Waals surface area contributed by atoms with Crippen molar-refractivity contribution in [3.63, 3.8) is 0 Å². The van der Waals surface area contributed by atoms with Crippen LogP contribution in [0.3, 0.4) is 0 Å². The van der Waals surface area contributed by atoms with Gasteiger partial charge in [-0.05, 0) is 48.1 Å². The monoisotopic (exact) mass is 345 g/mol. The minimum atomic E-state index is 0.107. The molecule has 1 aliphatic heterocycles. The van der Waals surface area contributed by atoms with Crippen LogP contribution in [-0.4, -0.2) is 34.5 Å². The Balaban J connectivity index is 1.70. The largest absolute Gasteiger partial charge is 0.508 e. The second-order valence-corrected chi connectivity index (χ2v) is 7.39. The number of carbonyl (C=O) groups is 1. The van der Waals surface area contributed by atoms with E-state index < -0.39 is 0 Å². The minimum absolute atomic E-state index is 0.107. The van der Waals surface area contributed by atoms with Gasteiger partial charge in [0.15, 0.2) is 0 Å². The summed E-state index contributed by atoms with van der Waals surface area (Å²) < 4.78 is 0. The van der Waals surface area contributed by atoms with E-state index in [2.05, 4.69) is 30.5 Å². The molecule has 5 heteroatoms. The lowest BCUT2D eigenvalue weighted by Gasteiger charge is -2.24. The Morgan fingerprint density at radius 3 is 2.52 bits per heavy atom. The van der Waals surface area contributed by atoms with Gasteiger partial charge >= 0.3 is 0 Å². The van der Waals surface area contributed by atoms with Crippen molar-refractivity contribution in [1.82, 2.24) is 4.90 Å². The summed E-state index contributed by atoms with van der Waals surface area (Å²) in [5.74, 6) is 1.02. The lowest BCUT2D eigenvalue weighted by atomic mass is 10.1. The zero-order chi connectivity index (χ0) is 16.2. The summed E-state index contributed by atoms with van der Waals surface area (Å²) in [7, 11) is 0. The number of thioether (sulfide) groups is 2. The normalized spacial score (nSPS) is 17.7. The average Bonchev–Trinajstić information content (AvgIpc) is 2.95. The fourth-order valence-corrected chi connectivity index (χ4v) is 4.28. The van der Waals surface area contributed by atoms with E-state index in [9.17, 15) is 9.90 Å². The average molecular weight is 345 g/mol. The van der Waals surface area contributed by atoms with E-state index >= 15 is 0 Å². The quantitative estimate of drug-likeness (QED) is 0.834. The number of phenolic OH excluding ortho intramolecular Hbond substituents is 1. The van der Waals surface area contributed by atoms with Crippen LogP contribution in [0.2, 0.25) is 0 Å². The molecule has 2 aromatic carbocycles. The van der Waals surface area contributed by atoms with E-state index in [-0.39, 0.29) is 17.0 Å². The van der Waals surface area contributed by atoms with E-state index in [1.807, 2.05) is 17.0 Å². The number of carbonyl (C=O) groups excluding carboxylic acids is 1. The molecule has 1 unspecified atom stereocenters. The van der Waals surface area contributed by atoms with Gasteiger partial charge in [0.25, 0.3) is 0 Å². The smallest absolute Gasteiger partial charge is 0.233 e. The number of hydrogen-bond acceptors (Lipinski definition) is 4. The molecule has 1 heterocycles. The number of phenols is 1. The lowest BCUT2D eigenvalue weighted by molar-refractivity contribution is -0.128. The summed E-state index contributed by atoms with van der Waals surface area (Å²) in [6, 6.07) is 15.7. The van der Waals surface area contributed by atoms with Crippen molar-refractivity contribution in [2.24, 2.45) is 0 Å². The van der Waals surface area contributed by atoms with Crippen LogP contribution in [0.5, 0.6) is 5.75 Å². The highest BCUT2D eigenvalue weighted by Gasteiger charge is 2.32. The number of rotatable bonds is 5. The van der Waals surface area contributed by atoms with Crippen molar-refractivity contribution in [3.8, 4) is 5.75 Å². The van der Waals surface area contributed by atoms with Crippen molar-refractivity contribution < 1.29 is 9.90 Å². The maximum atomic E-state index is 12.2. The van der Waals surface area contributed by atoms with Gasteiger partial charge in [-0.25, -0.2) is 0 Å². The molecule has 1 amide bonds. The Kier molecular flexibility index (Phi) is 5.18. The third-order valence-corrected chi connectivity index (χ3v) is 5.95. The van der Waals surface area contributed by atoms with Gasteiger partial charge in [-0.15, -0.1) is 23.5 Å². The number of benzene rings is 2. The van der Waals surface area contributed by atoms with Crippen molar-refractivity contribution in [3.05, 3.63) is 59.7 Å². The Labute approximate surface area is 145 Å². The van der Waals surface area contributed by atoms with Crippen LogP contribution in [0.4, 0.5) is 0 Å². The molecule has 2 aromatic rings.